The molecule has 0 spiro atoms. The van der Waals surface area contributed by atoms with Crippen molar-refractivity contribution in [3.05, 3.63) is 27.2 Å². The number of carbonyl (C=O) groups is 1. The molecule has 24 heavy (non-hydrogen) atoms. The van der Waals surface area contributed by atoms with E-state index in [0.717, 1.165) is 0 Å². The first-order chi connectivity index (χ1) is 11.1. The van der Waals surface area contributed by atoms with E-state index in [1.165, 1.54) is 0 Å². The molecule has 0 saturated carbocycles. The van der Waals surface area contributed by atoms with E-state index < -0.39 is 5.60 Å². The summed E-state index contributed by atoms with van der Waals surface area (Å²) >= 11 is 9.41. The number of halogens is 2. The van der Waals surface area contributed by atoms with E-state index in [1.807, 2.05) is 20.8 Å². The molecule has 1 aromatic carbocycles. The molecule has 0 radical (unpaired) electrons. The van der Waals surface area contributed by atoms with Crippen molar-refractivity contribution >= 4 is 33.6 Å². The van der Waals surface area contributed by atoms with Gasteiger partial charge in [0, 0.05) is 36.2 Å². The Kier molecular flexibility index (Phi) is 6.04. The van der Waals surface area contributed by atoms with Gasteiger partial charge in [-0.05, 0) is 61.2 Å². The topological polar surface area (TPSA) is 70.0 Å². The summed E-state index contributed by atoms with van der Waals surface area (Å²) in [6.45, 7) is 6.38. The van der Waals surface area contributed by atoms with Gasteiger partial charge in [-0.25, -0.2) is 4.79 Å². The third-order valence-electron chi connectivity index (χ3n) is 4.05. The zero-order valence-corrected chi connectivity index (χ0v) is 16.4. The number of benzene rings is 1. The predicted octanol–water partition coefficient (Wildman–Crippen LogP) is 4.14. The molecule has 7 heteroatoms. The molecule has 5 nitrogen and oxygen atoms in total. The lowest BCUT2D eigenvalue weighted by Gasteiger charge is -2.24. The quantitative estimate of drug-likeness (QED) is 0.771. The first kappa shape index (κ1) is 19.3. The Hall–Kier alpha value is -0.980. The molecule has 0 bridgehead atoms. The molecular weight excluding hydrogens is 398 g/mol. The second kappa shape index (κ2) is 7.50. The van der Waals surface area contributed by atoms with Gasteiger partial charge in [0.2, 0.25) is 0 Å². The number of likely N-dealkylation sites (tertiary alicyclic amines) is 1. The van der Waals surface area contributed by atoms with Gasteiger partial charge in [-0.15, -0.1) is 0 Å². The number of carbonyl (C=O) groups excluding carboxylic acids is 1. The zero-order valence-electron chi connectivity index (χ0n) is 14.1. The summed E-state index contributed by atoms with van der Waals surface area (Å²) in [6, 6.07) is 3.34. The first-order valence-electron chi connectivity index (χ1n) is 7.89. The number of nitrogens with zero attached hydrogens (tertiary/aromatic N) is 1. The highest BCUT2D eigenvalue weighted by Gasteiger charge is 2.39. The second-order valence-electron chi connectivity index (χ2n) is 7.09. The fourth-order valence-corrected chi connectivity index (χ4v) is 3.86. The lowest BCUT2D eigenvalue weighted by Crippen LogP contribution is -2.35. The van der Waals surface area contributed by atoms with Crippen LogP contribution >= 0.6 is 27.5 Å². The number of ether oxygens (including phenoxy) is 1. The van der Waals surface area contributed by atoms with Crippen molar-refractivity contribution in [3.8, 4) is 5.75 Å². The van der Waals surface area contributed by atoms with Gasteiger partial charge in [0.25, 0.3) is 0 Å². The van der Waals surface area contributed by atoms with Crippen LogP contribution in [0.15, 0.2) is 16.6 Å². The van der Waals surface area contributed by atoms with E-state index >= 15 is 0 Å². The van der Waals surface area contributed by atoms with Crippen LogP contribution in [0.5, 0.6) is 5.75 Å². The monoisotopic (exact) mass is 419 g/mol. The van der Waals surface area contributed by atoms with E-state index in [4.69, 9.17) is 16.3 Å². The number of aromatic hydroxyl groups is 1. The number of hydrogen-bond acceptors (Lipinski definition) is 4. The van der Waals surface area contributed by atoms with Crippen LogP contribution in [0.1, 0.15) is 38.7 Å². The van der Waals surface area contributed by atoms with E-state index in [2.05, 4.69) is 15.9 Å². The average molecular weight is 421 g/mol. The van der Waals surface area contributed by atoms with Gasteiger partial charge in [-0.3, -0.25) is 0 Å². The Morgan fingerprint density at radius 3 is 2.67 bits per heavy atom. The van der Waals surface area contributed by atoms with Crippen LogP contribution in [0.3, 0.4) is 0 Å². The second-order valence-corrected chi connectivity index (χ2v) is 8.38. The summed E-state index contributed by atoms with van der Waals surface area (Å²) in [4.78, 5) is 14.0. The average Bonchev–Trinajstić information content (AvgIpc) is 2.85. The Labute approximate surface area is 155 Å². The summed E-state index contributed by atoms with van der Waals surface area (Å²) in [5.41, 5.74) is 0.113. The number of hydrogen-bond donors (Lipinski definition) is 2. The summed E-state index contributed by atoms with van der Waals surface area (Å²) in [5, 5.41) is 20.2. The molecule has 1 heterocycles. The number of amides is 1. The van der Waals surface area contributed by atoms with E-state index in [-0.39, 0.29) is 30.3 Å². The van der Waals surface area contributed by atoms with E-state index in [0.29, 0.717) is 34.6 Å². The van der Waals surface area contributed by atoms with Gasteiger partial charge in [0.1, 0.15) is 11.4 Å². The smallest absolute Gasteiger partial charge is 0.410 e. The summed E-state index contributed by atoms with van der Waals surface area (Å²) < 4.78 is 5.95. The van der Waals surface area contributed by atoms with Crippen molar-refractivity contribution in [3.63, 3.8) is 0 Å². The number of phenols is 1. The molecule has 1 amide bonds. The number of rotatable bonds is 3. The Morgan fingerprint density at radius 1 is 1.42 bits per heavy atom. The minimum absolute atomic E-state index is 0.0197. The van der Waals surface area contributed by atoms with Gasteiger partial charge in [0.15, 0.2) is 0 Å². The van der Waals surface area contributed by atoms with E-state index in [9.17, 15) is 15.0 Å². The van der Waals surface area contributed by atoms with E-state index in [1.54, 1.807) is 17.0 Å². The maximum Gasteiger partial charge on any atom is 0.410 e. The number of aliphatic hydroxyl groups is 1. The lowest BCUT2D eigenvalue weighted by atomic mass is 9.86. The summed E-state index contributed by atoms with van der Waals surface area (Å²) in [5.74, 6) is 0.0387. The molecule has 134 valence electrons. The van der Waals surface area contributed by atoms with Crippen LogP contribution in [-0.2, 0) is 4.74 Å². The first-order valence-corrected chi connectivity index (χ1v) is 9.06. The minimum Gasteiger partial charge on any atom is -0.506 e. The Morgan fingerprint density at radius 2 is 2.08 bits per heavy atom. The third kappa shape index (κ3) is 4.55. The van der Waals surface area contributed by atoms with Crippen molar-refractivity contribution in [2.45, 2.75) is 38.7 Å². The largest absolute Gasteiger partial charge is 0.506 e. The van der Waals surface area contributed by atoms with Crippen molar-refractivity contribution < 1.29 is 19.7 Å². The molecule has 1 aliphatic heterocycles. The molecule has 1 aliphatic rings. The normalized spacial score (nSPS) is 21.2. The maximum absolute atomic E-state index is 12.3. The molecule has 0 aromatic heterocycles. The molecule has 0 aliphatic carbocycles. The highest BCUT2D eigenvalue weighted by Crippen LogP contribution is 2.43. The molecule has 2 unspecified atom stereocenters. The highest BCUT2D eigenvalue weighted by molar-refractivity contribution is 9.10. The van der Waals surface area contributed by atoms with Crippen molar-refractivity contribution in [2.24, 2.45) is 5.92 Å². The zero-order chi connectivity index (χ0) is 18.1. The van der Waals surface area contributed by atoms with Crippen molar-refractivity contribution in [1.29, 1.82) is 0 Å². The van der Waals surface area contributed by atoms with Crippen LogP contribution in [0, 0.1) is 5.92 Å². The summed E-state index contributed by atoms with van der Waals surface area (Å²) in [6.07, 6.45) is 0.154. The molecule has 1 aromatic rings. The van der Waals surface area contributed by atoms with Crippen LogP contribution < -0.4 is 0 Å². The van der Waals surface area contributed by atoms with Crippen molar-refractivity contribution in [1.82, 2.24) is 4.90 Å². The summed E-state index contributed by atoms with van der Waals surface area (Å²) in [7, 11) is 0. The maximum atomic E-state index is 12.3. The highest BCUT2D eigenvalue weighted by atomic mass is 79.9. The third-order valence-corrected chi connectivity index (χ3v) is 4.87. The van der Waals surface area contributed by atoms with Crippen LogP contribution in [0.25, 0.3) is 0 Å². The molecule has 2 atom stereocenters. The molecule has 2 rings (SSSR count). The lowest BCUT2D eigenvalue weighted by molar-refractivity contribution is 0.0284. The SMILES string of the molecule is CC(C)(C)OC(=O)N1CC(CCO)C(c2cc(Cl)cc(Br)c2O)C1. The van der Waals surface area contributed by atoms with Gasteiger partial charge >= 0.3 is 6.09 Å². The van der Waals surface area contributed by atoms with Crippen molar-refractivity contribution in [2.75, 3.05) is 19.7 Å². The molecule has 1 fully saturated rings. The molecule has 2 N–H and O–H groups in total. The minimum atomic E-state index is -0.567. The molecular formula is C17H23BrClNO4. The Balaban J connectivity index is 2.27. The van der Waals surface area contributed by atoms with Crippen LogP contribution in [0.4, 0.5) is 4.79 Å². The predicted molar refractivity (Wildman–Crippen MR) is 96.6 cm³/mol. The van der Waals surface area contributed by atoms with Crippen LogP contribution in [0.2, 0.25) is 5.02 Å². The van der Waals surface area contributed by atoms with Crippen LogP contribution in [-0.4, -0.2) is 46.5 Å². The van der Waals surface area contributed by atoms with Gasteiger partial charge < -0.3 is 19.8 Å². The fourth-order valence-electron chi connectivity index (χ4n) is 3.03. The van der Waals surface area contributed by atoms with Gasteiger partial charge in [0.05, 0.1) is 4.47 Å². The molecule has 1 saturated heterocycles. The Bertz CT molecular complexity index is 617. The number of aliphatic hydroxyl groups excluding tert-OH is 1. The van der Waals surface area contributed by atoms with Gasteiger partial charge in [-0.2, -0.15) is 0 Å². The fraction of sp³-hybridized carbons (Fsp3) is 0.588. The standard InChI is InChI=1S/C17H23BrClNO4/c1-17(2,3)24-16(23)20-8-10(4-5-21)13(9-20)12-6-11(19)7-14(18)15(12)22/h6-7,10,13,21-22H,4-5,8-9H2,1-3H3. The van der Waals surface area contributed by atoms with Gasteiger partial charge in [-0.1, -0.05) is 11.6 Å². The number of phenolic OH excluding ortho intramolecular Hbond substituents is 1.